The van der Waals surface area contributed by atoms with Crippen molar-refractivity contribution in [2.45, 2.75) is 33.9 Å². The molecule has 0 atom stereocenters. The molecule has 33 heavy (non-hydrogen) atoms. The Morgan fingerprint density at radius 2 is 1.06 bits per heavy atom. The van der Waals surface area contributed by atoms with E-state index in [-0.39, 0.29) is 11.6 Å². The number of aromatic nitrogens is 2. The lowest BCUT2D eigenvalue weighted by molar-refractivity contribution is -0.687. The molecule has 2 heterocycles. The first-order valence-corrected chi connectivity index (χ1v) is 10.7. The minimum atomic E-state index is -4.92. The molecule has 0 aliphatic carbocycles. The molecule has 1 N–H and O–H groups in total. The normalized spacial score (nSPS) is 9.36. The van der Waals surface area contributed by atoms with Crippen molar-refractivity contribution in [2.75, 3.05) is 0 Å². The molecular formula is C22H28N2O8S. The van der Waals surface area contributed by atoms with Crippen molar-refractivity contribution in [2.24, 2.45) is 0 Å². The lowest BCUT2D eigenvalue weighted by Crippen LogP contribution is -2.31. The number of carbonyl (C=O) groups is 3. The maximum Gasteiger partial charge on any atom is 0.215 e. The van der Waals surface area contributed by atoms with Crippen LogP contribution in [-0.4, -0.2) is 35.1 Å². The van der Waals surface area contributed by atoms with Gasteiger partial charge in [0, 0.05) is 41.4 Å². The van der Waals surface area contributed by atoms with Crippen molar-refractivity contribution in [3.8, 4) is 0 Å². The third-order valence-corrected chi connectivity index (χ3v) is 3.28. The van der Waals surface area contributed by atoms with Gasteiger partial charge in [-0.2, -0.15) is 0 Å². The highest BCUT2D eigenvalue weighted by atomic mass is 32.3. The molecule has 10 nitrogen and oxygen atoms in total. The first-order chi connectivity index (χ1) is 15.2. The van der Waals surface area contributed by atoms with Crippen LogP contribution in [0, 0.1) is 0 Å². The van der Waals surface area contributed by atoms with Crippen molar-refractivity contribution >= 4 is 27.9 Å². The number of nitrogens with zero attached hydrogens (tertiary/aromatic N) is 2. The van der Waals surface area contributed by atoms with Gasteiger partial charge in [0.25, 0.3) is 0 Å². The van der Waals surface area contributed by atoms with Gasteiger partial charge in [-0.25, -0.2) is 17.6 Å². The van der Waals surface area contributed by atoms with E-state index in [1.807, 2.05) is 70.3 Å². The molecule has 180 valence electrons. The number of hydrogen-bond acceptors (Lipinski definition) is 7. The summed E-state index contributed by atoms with van der Waals surface area (Å²) in [5.41, 5.74) is 1.49. The third-order valence-electron chi connectivity index (χ3n) is 3.28. The summed E-state index contributed by atoms with van der Waals surface area (Å²) in [5.74, 6) is -0.887. The number of ketones is 2. The standard InChI is InChI=1S/2C10H12NO.C2H4O2.H2O4S/c2*1-3-6-11-7-4-10(5-8-11)9(2)12;1-2(3)4;1-5(2,3)4/h2*3-5,7-8H,1,6H2,2H3;1H3,(H,3,4);(H2,1,2,3,4)/q2*+1;;/p-2. The highest BCUT2D eigenvalue weighted by molar-refractivity contribution is 7.79. The zero-order chi connectivity index (χ0) is 26.0. The van der Waals surface area contributed by atoms with Crippen molar-refractivity contribution in [1.82, 2.24) is 0 Å². The van der Waals surface area contributed by atoms with Crippen LogP contribution in [0.25, 0.3) is 0 Å². The summed E-state index contributed by atoms with van der Waals surface area (Å²) >= 11 is 0. The van der Waals surface area contributed by atoms with Gasteiger partial charge in [-0.15, -0.1) is 0 Å². The minimum Gasteiger partial charge on any atom is -0.726 e. The van der Waals surface area contributed by atoms with Gasteiger partial charge in [0.1, 0.15) is 0 Å². The van der Waals surface area contributed by atoms with Gasteiger partial charge in [0.2, 0.25) is 10.4 Å². The van der Waals surface area contributed by atoms with Crippen LogP contribution < -0.4 is 14.2 Å². The van der Waals surface area contributed by atoms with E-state index >= 15 is 0 Å². The number of hydrogen-bond donors (Lipinski definition) is 1. The summed E-state index contributed by atoms with van der Waals surface area (Å²) in [5, 5.41) is 8.89. The van der Waals surface area contributed by atoms with Crippen LogP contribution in [0.4, 0.5) is 0 Å². The number of carboxylic acids is 1. The molecule has 0 saturated carbocycles. The Kier molecular flexibility index (Phi) is 16.4. The molecular weight excluding hydrogens is 452 g/mol. The number of allylic oxidation sites excluding steroid dienone is 2. The van der Waals surface area contributed by atoms with Gasteiger partial charge < -0.3 is 14.5 Å². The van der Waals surface area contributed by atoms with E-state index in [1.165, 1.54) is 0 Å². The van der Waals surface area contributed by atoms with Crippen molar-refractivity contribution in [3.63, 3.8) is 0 Å². The minimum absolute atomic E-state index is 0.0979. The van der Waals surface area contributed by atoms with Crippen molar-refractivity contribution in [1.29, 1.82) is 0 Å². The first kappa shape index (κ1) is 31.6. The van der Waals surface area contributed by atoms with E-state index in [4.69, 9.17) is 27.4 Å². The number of carbonyl (C=O) groups excluding carboxylic acids is 3. The SMILES string of the molecule is C=CC[n+]1ccc(C(C)=O)cc1.C=CC[n+]1ccc(C(C)=O)cc1.CC(=O)[O-].O=S(=O)([O-])O. The summed E-state index contributed by atoms with van der Waals surface area (Å²) in [4.78, 5) is 30.7. The molecule has 0 aliphatic heterocycles. The average Bonchev–Trinajstić information content (AvgIpc) is 2.68. The molecule has 2 rings (SSSR count). The number of rotatable bonds is 6. The van der Waals surface area contributed by atoms with Crippen LogP contribution >= 0.6 is 0 Å². The van der Waals surface area contributed by atoms with Crippen LogP contribution in [0.3, 0.4) is 0 Å². The lowest BCUT2D eigenvalue weighted by Gasteiger charge is -1.93. The summed E-state index contributed by atoms with van der Waals surface area (Å²) in [7, 11) is -4.92. The van der Waals surface area contributed by atoms with Gasteiger partial charge in [-0.1, -0.05) is 13.2 Å². The molecule has 2 aromatic heterocycles. The molecule has 0 aromatic carbocycles. The Labute approximate surface area is 193 Å². The molecule has 0 spiro atoms. The highest BCUT2D eigenvalue weighted by Gasteiger charge is 2.02. The van der Waals surface area contributed by atoms with E-state index < -0.39 is 16.4 Å². The molecule has 0 unspecified atom stereocenters. The maximum absolute atomic E-state index is 10.9. The van der Waals surface area contributed by atoms with Crippen LogP contribution in [-0.2, 0) is 28.3 Å². The molecule has 0 bridgehead atoms. The molecule has 0 radical (unpaired) electrons. The Morgan fingerprint density at radius 1 is 0.848 bits per heavy atom. The second kappa shape index (κ2) is 17.1. The van der Waals surface area contributed by atoms with Gasteiger partial charge in [-0.3, -0.25) is 14.1 Å². The lowest BCUT2D eigenvalue weighted by atomic mass is 10.2. The summed E-state index contributed by atoms with van der Waals surface area (Å²) in [6.45, 7) is 12.9. The summed E-state index contributed by atoms with van der Waals surface area (Å²) < 4.78 is 36.7. The third kappa shape index (κ3) is 21.5. The largest absolute Gasteiger partial charge is 0.726 e. The van der Waals surface area contributed by atoms with Gasteiger partial charge in [0.15, 0.2) is 49.4 Å². The van der Waals surface area contributed by atoms with E-state index in [0.29, 0.717) is 0 Å². The Hall–Kier alpha value is -3.54. The van der Waals surface area contributed by atoms with Crippen LogP contribution in [0.15, 0.2) is 74.4 Å². The monoisotopic (exact) mass is 480 g/mol. The number of pyridine rings is 2. The highest BCUT2D eigenvalue weighted by Crippen LogP contribution is 1.96. The second-order valence-corrected chi connectivity index (χ2v) is 7.03. The molecule has 0 aliphatic rings. The zero-order valence-electron chi connectivity index (χ0n) is 18.7. The number of Topliss-reactive ketones (excluding diaryl/α,β-unsaturated/α-hetero) is 2. The summed E-state index contributed by atoms with van der Waals surface area (Å²) in [6, 6.07) is 7.25. The number of carboxylic acid groups (broad SMARTS) is 1. The van der Waals surface area contributed by atoms with E-state index in [9.17, 15) is 9.59 Å². The first-order valence-electron chi connectivity index (χ1n) is 9.29. The van der Waals surface area contributed by atoms with Gasteiger partial charge in [-0.05, 0) is 32.9 Å². The summed E-state index contributed by atoms with van der Waals surface area (Å²) in [6.07, 6.45) is 11.1. The quantitative estimate of drug-likeness (QED) is 0.205. The molecule has 0 amide bonds. The molecule has 0 fully saturated rings. The Balaban J connectivity index is 0. The smallest absolute Gasteiger partial charge is 0.215 e. The fraction of sp³-hybridized carbons (Fsp3) is 0.227. The van der Waals surface area contributed by atoms with E-state index in [2.05, 4.69) is 13.2 Å². The van der Waals surface area contributed by atoms with E-state index in [0.717, 1.165) is 31.1 Å². The maximum atomic E-state index is 10.9. The van der Waals surface area contributed by atoms with Crippen LogP contribution in [0.5, 0.6) is 0 Å². The van der Waals surface area contributed by atoms with Crippen LogP contribution in [0.1, 0.15) is 41.5 Å². The molecule has 2 aromatic rings. The van der Waals surface area contributed by atoms with Gasteiger partial charge >= 0.3 is 0 Å². The fourth-order valence-electron chi connectivity index (χ4n) is 1.93. The molecule has 0 saturated heterocycles. The fourth-order valence-corrected chi connectivity index (χ4v) is 1.93. The van der Waals surface area contributed by atoms with E-state index in [1.54, 1.807) is 13.8 Å². The Bertz CT molecular complexity index is 940. The Morgan fingerprint density at radius 3 is 1.21 bits per heavy atom. The topological polar surface area (TPSA) is 159 Å². The predicted octanol–water partition coefficient (Wildman–Crippen LogP) is 0.486. The zero-order valence-corrected chi connectivity index (χ0v) is 19.5. The predicted molar refractivity (Wildman–Crippen MR) is 117 cm³/mol. The van der Waals surface area contributed by atoms with Crippen LogP contribution in [0.2, 0.25) is 0 Å². The number of aliphatic carboxylic acids is 1. The van der Waals surface area contributed by atoms with Gasteiger partial charge in [0.05, 0.1) is 0 Å². The average molecular weight is 481 g/mol. The molecule has 11 heteroatoms. The van der Waals surface area contributed by atoms with Crippen molar-refractivity contribution < 1.29 is 46.1 Å². The second-order valence-electron chi connectivity index (χ2n) is 6.18. The van der Waals surface area contributed by atoms with Crippen molar-refractivity contribution in [3.05, 3.63) is 85.5 Å².